The predicted octanol–water partition coefficient (Wildman–Crippen LogP) is 2.38. The zero-order valence-corrected chi connectivity index (χ0v) is 12.5. The van der Waals surface area contributed by atoms with E-state index in [4.69, 9.17) is 4.74 Å². The highest BCUT2D eigenvalue weighted by atomic mass is 16.5. The Kier molecular flexibility index (Phi) is 5.37. The molecule has 0 bridgehead atoms. The lowest BCUT2D eigenvalue weighted by atomic mass is 10.1. The monoisotopic (exact) mass is 287 g/mol. The van der Waals surface area contributed by atoms with Crippen molar-refractivity contribution in [1.29, 1.82) is 0 Å². The highest BCUT2D eigenvalue weighted by Gasteiger charge is 2.02. The van der Waals surface area contributed by atoms with Gasteiger partial charge in [0, 0.05) is 31.8 Å². The molecule has 2 rings (SSSR count). The molecule has 0 spiro atoms. The zero-order chi connectivity index (χ0) is 15.1. The van der Waals surface area contributed by atoms with Crippen molar-refractivity contribution in [3.05, 3.63) is 36.7 Å². The molecule has 0 saturated carbocycles. The molecule has 1 N–H and O–H groups in total. The summed E-state index contributed by atoms with van der Waals surface area (Å²) >= 11 is 0. The second-order valence-corrected chi connectivity index (χ2v) is 4.83. The molecule has 112 valence electrons. The van der Waals surface area contributed by atoms with Gasteiger partial charge in [0.2, 0.25) is 5.91 Å². The SMILES string of the molecule is CCNC(=O)CCCOc1ccc(-c2cnn(C)c2)cc1. The first-order chi connectivity index (χ1) is 10.2. The summed E-state index contributed by atoms with van der Waals surface area (Å²) in [5.41, 5.74) is 2.19. The minimum atomic E-state index is 0.0769. The maximum atomic E-state index is 11.3. The normalized spacial score (nSPS) is 10.4. The lowest BCUT2D eigenvalue weighted by Gasteiger charge is -2.07. The van der Waals surface area contributed by atoms with Gasteiger partial charge in [-0.25, -0.2) is 0 Å². The fourth-order valence-corrected chi connectivity index (χ4v) is 2.02. The Morgan fingerprint density at radius 1 is 1.29 bits per heavy atom. The Labute approximate surface area is 124 Å². The van der Waals surface area contributed by atoms with Crippen LogP contribution in [-0.4, -0.2) is 28.8 Å². The van der Waals surface area contributed by atoms with Crippen LogP contribution in [0.2, 0.25) is 0 Å². The minimum Gasteiger partial charge on any atom is -0.494 e. The summed E-state index contributed by atoms with van der Waals surface area (Å²) in [5.74, 6) is 0.895. The summed E-state index contributed by atoms with van der Waals surface area (Å²) in [4.78, 5) is 11.3. The van der Waals surface area contributed by atoms with Gasteiger partial charge in [0.05, 0.1) is 12.8 Å². The molecule has 0 radical (unpaired) electrons. The van der Waals surface area contributed by atoms with Gasteiger partial charge in [-0.15, -0.1) is 0 Å². The summed E-state index contributed by atoms with van der Waals surface area (Å²) < 4.78 is 7.41. The third-order valence-corrected chi connectivity index (χ3v) is 3.08. The Balaban J connectivity index is 1.79. The van der Waals surface area contributed by atoms with Gasteiger partial charge in [0.25, 0.3) is 0 Å². The van der Waals surface area contributed by atoms with Crippen molar-refractivity contribution in [2.24, 2.45) is 7.05 Å². The number of benzene rings is 1. The number of amides is 1. The molecule has 2 aromatic rings. The number of carbonyl (C=O) groups excluding carboxylic acids is 1. The van der Waals surface area contributed by atoms with Crippen molar-refractivity contribution >= 4 is 5.91 Å². The first kappa shape index (κ1) is 15.1. The number of nitrogens with one attached hydrogen (secondary N) is 1. The summed E-state index contributed by atoms with van der Waals surface area (Å²) in [6, 6.07) is 7.90. The molecular weight excluding hydrogens is 266 g/mol. The Hall–Kier alpha value is -2.30. The largest absolute Gasteiger partial charge is 0.494 e. The molecule has 1 aromatic heterocycles. The molecule has 0 unspecified atom stereocenters. The topological polar surface area (TPSA) is 56.1 Å². The molecule has 1 heterocycles. The third kappa shape index (κ3) is 4.63. The van der Waals surface area contributed by atoms with Crippen LogP contribution in [0.4, 0.5) is 0 Å². The molecule has 0 atom stereocenters. The average molecular weight is 287 g/mol. The van der Waals surface area contributed by atoms with E-state index in [2.05, 4.69) is 10.4 Å². The van der Waals surface area contributed by atoms with Gasteiger partial charge in [-0.1, -0.05) is 12.1 Å². The highest BCUT2D eigenvalue weighted by molar-refractivity contribution is 5.75. The van der Waals surface area contributed by atoms with Gasteiger partial charge in [-0.2, -0.15) is 5.10 Å². The van der Waals surface area contributed by atoms with Gasteiger partial charge < -0.3 is 10.1 Å². The molecule has 0 aliphatic carbocycles. The molecule has 1 amide bonds. The summed E-state index contributed by atoms with van der Waals surface area (Å²) in [5, 5.41) is 6.92. The van der Waals surface area contributed by atoms with Crippen LogP contribution in [0.3, 0.4) is 0 Å². The van der Waals surface area contributed by atoms with Crippen LogP contribution in [0.5, 0.6) is 5.75 Å². The van der Waals surface area contributed by atoms with Crippen molar-refractivity contribution in [3.8, 4) is 16.9 Å². The highest BCUT2D eigenvalue weighted by Crippen LogP contribution is 2.21. The first-order valence-electron chi connectivity index (χ1n) is 7.17. The molecule has 0 fully saturated rings. The fraction of sp³-hybridized carbons (Fsp3) is 0.375. The second-order valence-electron chi connectivity index (χ2n) is 4.83. The van der Waals surface area contributed by atoms with Crippen molar-refractivity contribution in [1.82, 2.24) is 15.1 Å². The number of hydrogen-bond donors (Lipinski definition) is 1. The van der Waals surface area contributed by atoms with E-state index in [0.717, 1.165) is 23.3 Å². The molecule has 5 heteroatoms. The molecular formula is C16H21N3O2. The number of ether oxygens (including phenoxy) is 1. The quantitative estimate of drug-likeness (QED) is 0.795. The molecule has 0 aliphatic rings. The van der Waals surface area contributed by atoms with Gasteiger partial charge in [0.15, 0.2) is 0 Å². The zero-order valence-electron chi connectivity index (χ0n) is 12.5. The van der Waals surface area contributed by atoms with Crippen LogP contribution >= 0.6 is 0 Å². The van der Waals surface area contributed by atoms with Gasteiger partial charge >= 0.3 is 0 Å². The van der Waals surface area contributed by atoms with E-state index in [1.54, 1.807) is 4.68 Å². The standard InChI is InChI=1S/C16H21N3O2/c1-3-17-16(20)5-4-10-21-15-8-6-13(7-9-15)14-11-18-19(2)12-14/h6-9,11-12H,3-5,10H2,1-2H3,(H,17,20). The van der Waals surface area contributed by atoms with E-state index in [1.807, 2.05) is 50.6 Å². The smallest absolute Gasteiger partial charge is 0.220 e. The molecule has 1 aromatic carbocycles. The lowest BCUT2D eigenvalue weighted by Crippen LogP contribution is -2.22. The minimum absolute atomic E-state index is 0.0769. The van der Waals surface area contributed by atoms with Crippen molar-refractivity contribution in [3.63, 3.8) is 0 Å². The maximum Gasteiger partial charge on any atom is 0.220 e. The summed E-state index contributed by atoms with van der Waals surface area (Å²) in [6.07, 6.45) is 5.03. The first-order valence-corrected chi connectivity index (χ1v) is 7.17. The number of nitrogens with zero attached hydrogens (tertiary/aromatic N) is 2. The van der Waals surface area contributed by atoms with Crippen molar-refractivity contribution < 1.29 is 9.53 Å². The van der Waals surface area contributed by atoms with Crippen LogP contribution in [0, 0.1) is 0 Å². The Bertz CT molecular complexity index is 575. The number of rotatable bonds is 7. The maximum absolute atomic E-state index is 11.3. The van der Waals surface area contributed by atoms with Crippen molar-refractivity contribution in [2.45, 2.75) is 19.8 Å². The average Bonchev–Trinajstić information content (AvgIpc) is 2.91. The lowest BCUT2D eigenvalue weighted by molar-refractivity contribution is -0.121. The van der Waals surface area contributed by atoms with Gasteiger partial charge in [-0.05, 0) is 31.0 Å². The molecule has 0 saturated heterocycles. The van der Waals surface area contributed by atoms with Gasteiger partial charge in [0.1, 0.15) is 5.75 Å². The number of carbonyl (C=O) groups is 1. The van der Waals surface area contributed by atoms with Crippen LogP contribution in [-0.2, 0) is 11.8 Å². The van der Waals surface area contributed by atoms with E-state index in [-0.39, 0.29) is 5.91 Å². The number of aromatic nitrogens is 2. The Morgan fingerprint density at radius 3 is 2.67 bits per heavy atom. The predicted molar refractivity (Wildman–Crippen MR) is 82.1 cm³/mol. The number of hydrogen-bond acceptors (Lipinski definition) is 3. The van der Waals surface area contributed by atoms with E-state index in [1.165, 1.54) is 0 Å². The van der Waals surface area contributed by atoms with Gasteiger partial charge in [-0.3, -0.25) is 9.48 Å². The van der Waals surface area contributed by atoms with E-state index in [0.29, 0.717) is 19.6 Å². The molecule has 0 aliphatic heterocycles. The molecule has 5 nitrogen and oxygen atoms in total. The van der Waals surface area contributed by atoms with Crippen LogP contribution < -0.4 is 10.1 Å². The fourth-order valence-electron chi connectivity index (χ4n) is 2.02. The van der Waals surface area contributed by atoms with E-state index >= 15 is 0 Å². The van der Waals surface area contributed by atoms with Crippen molar-refractivity contribution in [2.75, 3.05) is 13.2 Å². The van der Waals surface area contributed by atoms with E-state index in [9.17, 15) is 4.79 Å². The second kappa shape index (κ2) is 7.47. The van der Waals surface area contributed by atoms with Crippen LogP contribution in [0.15, 0.2) is 36.7 Å². The Morgan fingerprint density at radius 2 is 2.05 bits per heavy atom. The van der Waals surface area contributed by atoms with Crippen LogP contribution in [0.25, 0.3) is 11.1 Å². The summed E-state index contributed by atoms with van der Waals surface area (Å²) in [7, 11) is 1.90. The third-order valence-electron chi connectivity index (χ3n) is 3.08. The molecule has 21 heavy (non-hydrogen) atoms. The number of aryl methyl sites for hydroxylation is 1. The van der Waals surface area contributed by atoms with E-state index < -0.39 is 0 Å². The summed E-state index contributed by atoms with van der Waals surface area (Å²) in [6.45, 7) is 3.14. The van der Waals surface area contributed by atoms with Crippen LogP contribution in [0.1, 0.15) is 19.8 Å².